The van der Waals surface area contributed by atoms with E-state index in [-0.39, 0.29) is 11.4 Å². The average molecular weight is 327 g/mol. The summed E-state index contributed by atoms with van der Waals surface area (Å²) in [5.74, 6) is 0. The Morgan fingerprint density at radius 3 is 2.13 bits per heavy atom. The second-order valence-corrected chi connectivity index (χ2v) is 7.06. The van der Waals surface area contributed by atoms with Gasteiger partial charge in [-0.15, -0.1) is 0 Å². The molecule has 6 heteroatoms. The van der Waals surface area contributed by atoms with Crippen LogP contribution in [-0.2, 0) is 6.18 Å². The van der Waals surface area contributed by atoms with Crippen LogP contribution < -0.4 is 10.6 Å². The number of nitrogens with zero attached hydrogens (tertiary/aromatic N) is 2. The van der Waals surface area contributed by atoms with Gasteiger partial charge in [-0.3, -0.25) is 0 Å². The number of alkyl halides is 3. The molecule has 3 rings (SSSR count). The Kier molecular flexibility index (Phi) is 4.21. The fraction of sp³-hybridized carbons (Fsp3) is 0.647. The number of likely N-dealkylation sites (tertiary alicyclic amines) is 1. The maximum Gasteiger partial charge on any atom is 0.418 e. The number of hydrogen-bond donors (Lipinski definition) is 1. The van der Waals surface area contributed by atoms with Crippen molar-refractivity contribution in [1.82, 2.24) is 4.90 Å². The fourth-order valence-electron chi connectivity index (χ4n) is 3.87. The van der Waals surface area contributed by atoms with Gasteiger partial charge in [0.1, 0.15) is 0 Å². The number of halogens is 3. The third kappa shape index (κ3) is 3.42. The Hall–Kier alpha value is -1.43. The predicted molar refractivity (Wildman–Crippen MR) is 86.5 cm³/mol. The van der Waals surface area contributed by atoms with Crippen LogP contribution in [0.4, 0.5) is 24.5 Å². The van der Waals surface area contributed by atoms with E-state index in [1.807, 2.05) is 4.90 Å². The summed E-state index contributed by atoms with van der Waals surface area (Å²) in [6, 6.07) is 4.13. The van der Waals surface area contributed by atoms with Crippen molar-refractivity contribution in [3.63, 3.8) is 0 Å². The van der Waals surface area contributed by atoms with Crippen LogP contribution in [0.5, 0.6) is 0 Å². The molecule has 0 radical (unpaired) electrons. The molecule has 1 aromatic rings. The molecule has 0 atom stereocenters. The molecule has 23 heavy (non-hydrogen) atoms. The number of rotatable bonds is 1. The van der Waals surface area contributed by atoms with Gasteiger partial charge in [0.15, 0.2) is 0 Å². The average Bonchev–Trinajstić information content (AvgIpc) is 2.51. The Labute approximate surface area is 135 Å². The van der Waals surface area contributed by atoms with Gasteiger partial charge in [0.05, 0.1) is 5.56 Å². The summed E-state index contributed by atoms with van der Waals surface area (Å²) in [5, 5.41) is 0. The minimum atomic E-state index is -4.37. The molecular weight excluding hydrogens is 303 g/mol. The Balaban J connectivity index is 1.75. The minimum absolute atomic E-state index is 0.157. The molecule has 0 amide bonds. The predicted octanol–water partition coefficient (Wildman–Crippen LogP) is 3.60. The highest BCUT2D eigenvalue weighted by atomic mass is 19.4. The molecule has 1 spiro atoms. The van der Waals surface area contributed by atoms with Gasteiger partial charge in [-0.05, 0) is 69.4 Å². The summed E-state index contributed by atoms with van der Waals surface area (Å²) in [4.78, 5) is 4.21. The van der Waals surface area contributed by atoms with Crippen LogP contribution in [0, 0.1) is 5.41 Å². The van der Waals surface area contributed by atoms with Crippen molar-refractivity contribution in [3.8, 4) is 0 Å². The van der Waals surface area contributed by atoms with Crippen molar-refractivity contribution < 1.29 is 13.2 Å². The van der Waals surface area contributed by atoms with Gasteiger partial charge in [-0.1, -0.05) is 0 Å². The number of hydrogen-bond acceptors (Lipinski definition) is 3. The van der Waals surface area contributed by atoms with Crippen molar-refractivity contribution >= 4 is 11.4 Å². The molecule has 0 bridgehead atoms. The van der Waals surface area contributed by atoms with E-state index in [0.717, 1.165) is 44.8 Å². The molecule has 2 saturated heterocycles. The zero-order valence-corrected chi connectivity index (χ0v) is 13.5. The summed E-state index contributed by atoms with van der Waals surface area (Å²) in [6.45, 7) is 3.57. The quantitative estimate of drug-likeness (QED) is 0.800. The highest BCUT2D eigenvalue weighted by Gasteiger charge is 2.39. The summed E-state index contributed by atoms with van der Waals surface area (Å²) in [6.07, 6.45) is -0.102. The molecule has 3 nitrogen and oxygen atoms in total. The third-order valence-corrected chi connectivity index (χ3v) is 5.54. The summed E-state index contributed by atoms with van der Waals surface area (Å²) < 4.78 is 39.9. The molecular formula is C17H24F3N3. The molecule has 2 aliphatic rings. The van der Waals surface area contributed by atoms with E-state index in [4.69, 9.17) is 5.73 Å². The SMILES string of the molecule is CN1CCC2(CC1)CCN(c1ccc(N)cc1C(F)(F)F)CC2. The van der Waals surface area contributed by atoms with E-state index in [9.17, 15) is 13.2 Å². The van der Waals surface area contributed by atoms with Gasteiger partial charge >= 0.3 is 6.18 Å². The van der Waals surface area contributed by atoms with Gasteiger partial charge in [0.25, 0.3) is 0 Å². The fourth-order valence-corrected chi connectivity index (χ4v) is 3.87. The third-order valence-electron chi connectivity index (χ3n) is 5.54. The summed E-state index contributed by atoms with van der Waals surface area (Å²) in [7, 11) is 2.13. The Morgan fingerprint density at radius 1 is 1.00 bits per heavy atom. The van der Waals surface area contributed by atoms with Crippen molar-refractivity contribution in [2.45, 2.75) is 31.9 Å². The lowest BCUT2D eigenvalue weighted by Gasteiger charge is -2.47. The van der Waals surface area contributed by atoms with E-state index in [2.05, 4.69) is 11.9 Å². The lowest BCUT2D eigenvalue weighted by Crippen LogP contribution is -2.46. The van der Waals surface area contributed by atoms with Gasteiger partial charge < -0.3 is 15.5 Å². The Bertz CT molecular complexity index is 553. The number of benzene rings is 1. The molecule has 0 unspecified atom stereocenters. The topological polar surface area (TPSA) is 32.5 Å². The van der Waals surface area contributed by atoms with E-state index in [1.165, 1.54) is 6.07 Å². The van der Waals surface area contributed by atoms with Gasteiger partial charge in [-0.2, -0.15) is 13.2 Å². The van der Waals surface area contributed by atoms with E-state index in [0.29, 0.717) is 18.5 Å². The van der Waals surface area contributed by atoms with Crippen LogP contribution in [0.15, 0.2) is 18.2 Å². The van der Waals surface area contributed by atoms with Crippen LogP contribution in [0.2, 0.25) is 0 Å². The monoisotopic (exact) mass is 327 g/mol. The molecule has 0 saturated carbocycles. The molecule has 128 valence electrons. The zero-order chi connectivity index (χ0) is 16.7. The van der Waals surface area contributed by atoms with Crippen molar-refractivity contribution in [2.75, 3.05) is 43.9 Å². The molecule has 2 fully saturated rings. The first-order valence-corrected chi connectivity index (χ1v) is 8.19. The first kappa shape index (κ1) is 16.4. The zero-order valence-electron chi connectivity index (χ0n) is 13.5. The maximum absolute atomic E-state index is 13.3. The second-order valence-electron chi connectivity index (χ2n) is 7.06. The molecule has 2 aliphatic heterocycles. The lowest BCUT2D eigenvalue weighted by atomic mass is 9.71. The van der Waals surface area contributed by atoms with Crippen molar-refractivity contribution in [1.29, 1.82) is 0 Å². The van der Waals surface area contributed by atoms with E-state index >= 15 is 0 Å². The van der Waals surface area contributed by atoms with Crippen LogP contribution in [0.1, 0.15) is 31.2 Å². The van der Waals surface area contributed by atoms with Gasteiger partial charge in [-0.25, -0.2) is 0 Å². The van der Waals surface area contributed by atoms with Crippen molar-refractivity contribution in [3.05, 3.63) is 23.8 Å². The minimum Gasteiger partial charge on any atom is -0.399 e. The lowest BCUT2D eigenvalue weighted by molar-refractivity contribution is -0.137. The van der Waals surface area contributed by atoms with Crippen LogP contribution >= 0.6 is 0 Å². The molecule has 0 aromatic heterocycles. The first-order chi connectivity index (χ1) is 10.8. The maximum atomic E-state index is 13.3. The first-order valence-electron chi connectivity index (χ1n) is 8.19. The second kappa shape index (κ2) is 5.89. The standard InChI is InChI=1S/C17H24F3N3/c1-22-8-4-16(5-9-22)6-10-23(11-7-16)15-3-2-13(21)12-14(15)17(18,19)20/h2-3,12H,4-11,21H2,1H3. The number of anilines is 2. The number of piperidine rings is 2. The Morgan fingerprint density at radius 2 is 1.57 bits per heavy atom. The number of nitrogen functional groups attached to an aromatic ring is 1. The normalized spacial score (nSPS) is 22.5. The molecule has 2 heterocycles. The van der Waals surface area contributed by atoms with Gasteiger partial charge in [0.2, 0.25) is 0 Å². The molecule has 0 aliphatic carbocycles. The van der Waals surface area contributed by atoms with Crippen LogP contribution in [0.25, 0.3) is 0 Å². The van der Waals surface area contributed by atoms with Crippen LogP contribution in [-0.4, -0.2) is 38.1 Å². The van der Waals surface area contributed by atoms with E-state index in [1.54, 1.807) is 6.07 Å². The molecule has 1 aromatic carbocycles. The molecule has 2 N–H and O–H groups in total. The summed E-state index contributed by atoms with van der Waals surface area (Å²) in [5.41, 5.74) is 5.70. The van der Waals surface area contributed by atoms with E-state index < -0.39 is 11.7 Å². The highest BCUT2D eigenvalue weighted by Crippen LogP contribution is 2.44. The van der Waals surface area contributed by atoms with Crippen LogP contribution in [0.3, 0.4) is 0 Å². The highest BCUT2D eigenvalue weighted by molar-refractivity contribution is 5.61. The summed E-state index contributed by atoms with van der Waals surface area (Å²) >= 11 is 0. The smallest absolute Gasteiger partial charge is 0.399 e. The van der Waals surface area contributed by atoms with Gasteiger partial charge in [0, 0.05) is 24.5 Å². The number of nitrogens with two attached hydrogens (primary N) is 1. The largest absolute Gasteiger partial charge is 0.418 e. The van der Waals surface area contributed by atoms with Crippen molar-refractivity contribution in [2.24, 2.45) is 5.41 Å².